The lowest BCUT2D eigenvalue weighted by atomic mass is 10.1. The summed E-state index contributed by atoms with van der Waals surface area (Å²) in [6, 6.07) is 6.10. The van der Waals surface area contributed by atoms with Crippen LogP contribution < -0.4 is 15.4 Å². The normalized spacial score (nSPS) is 12.1. The molecular formula is C18H31N3O4S. The SMILES string of the molecule is CN=C(NCCCS(C)(=O)=O)NCc1ccc(C)cc1OCCCOC. The van der Waals surface area contributed by atoms with Gasteiger partial charge in [0.05, 0.1) is 12.4 Å². The maximum Gasteiger partial charge on any atom is 0.191 e. The first kappa shape index (κ1) is 22.2. The van der Waals surface area contributed by atoms with E-state index in [4.69, 9.17) is 9.47 Å². The van der Waals surface area contributed by atoms with Gasteiger partial charge >= 0.3 is 0 Å². The Morgan fingerprint density at radius 3 is 2.62 bits per heavy atom. The van der Waals surface area contributed by atoms with Crippen molar-refractivity contribution >= 4 is 15.8 Å². The molecule has 148 valence electrons. The average molecular weight is 386 g/mol. The maximum atomic E-state index is 11.2. The topological polar surface area (TPSA) is 89.0 Å². The summed E-state index contributed by atoms with van der Waals surface area (Å²) in [6.07, 6.45) is 2.62. The Labute approximate surface area is 157 Å². The third kappa shape index (κ3) is 9.62. The quantitative estimate of drug-likeness (QED) is 0.341. The summed E-state index contributed by atoms with van der Waals surface area (Å²) in [5, 5.41) is 6.35. The summed E-state index contributed by atoms with van der Waals surface area (Å²) in [6.45, 7) is 4.40. The van der Waals surface area contributed by atoms with Crippen molar-refractivity contribution in [3.05, 3.63) is 29.3 Å². The lowest BCUT2D eigenvalue weighted by Crippen LogP contribution is -2.37. The van der Waals surface area contributed by atoms with Gasteiger partial charge in [-0.25, -0.2) is 8.42 Å². The van der Waals surface area contributed by atoms with Gasteiger partial charge in [0.2, 0.25) is 0 Å². The van der Waals surface area contributed by atoms with Crippen molar-refractivity contribution in [2.75, 3.05) is 45.9 Å². The third-order valence-electron chi connectivity index (χ3n) is 3.63. The van der Waals surface area contributed by atoms with Gasteiger partial charge in [0.1, 0.15) is 15.6 Å². The van der Waals surface area contributed by atoms with Crippen LogP contribution >= 0.6 is 0 Å². The molecular weight excluding hydrogens is 354 g/mol. The van der Waals surface area contributed by atoms with E-state index in [-0.39, 0.29) is 5.75 Å². The van der Waals surface area contributed by atoms with Crippen LogP contribution in [0.25, 0.3) is 0 Å². The fourth-order valence-electron chi connectivity index (χ4n) is 2.27. The molecule has 0 atom stereocenters. The second-order valence-electron chi connectivity index (χ2n) is 6.14. The van der Waals surface area contributed by atoms with Crippen molar-refractivity contribution < 1.29 is 17.9 Å². The fraction of sp³-hybridized carbons (Fsp3) is 0.611. The van der Waals surface area contributed by atoms with Crippen molar-refractivity contribution in [3.63, 3.8) is 0 Å². The highest BCUT2D eigenvalue weighted by Crippen LogP contribution is 2.20. The predicted octanol–water partition coefficient (Wildman–Crippen LogP) is 1.51. The van der Waals surface area contributed by atoms with E-state index in [9.17, 15) is 8.42 Å². The molecule has 0 radical (unpaired) electrons. The largest absolute Gasteiger partial charge is 0.493 e. The molecule has 0 aliphatic heterocycles. The highest BCUT2D eigenvalue weighted by molar-refractivity contribution is 7.90. The highest BCUT2D eigenvalue weighted by Gasteiger charge is 2.07. The number of ether oxygens (including phenoxy) is 2. The van der Waals surface area contributed by atoms with E-state index in [1.54, 1.807) is 14.2 Å². The molecule has 0 saturated carbocycles. The zero-order valence-corrected chi connectivity index (χ0v) is 17.0. The minimum atomic E-state index is -2.93. The summed E-state index contributed by atoms with van der Waals surface area (Å²) < 4.78 is 33.2. The number of sulfone groups is 1. The van der Waals surface area contributed by atoms with Gasteiger partial charge in [-0.2, -0.15) is 0 Å². The van der Waals surface area contributed by atoms with Crippen LogP contribution in [0.5, 0.6) is 5.75 Å². The molecule has 1 rings (SSSR count). The van der Waals surface area contributed by atoms with Gasteiger partial charge in [-0.1, -0.05) is 12.1 Å². The Kier molecular flexibility index (Phi) is 10.0. The standard InChI is InChI=1S/C18H31N3O4S/c1-15-7-8-16(17(13-15)25-11-6-10-24-3)14-21-18(19-2)20-9-5-12-26(4,22)23/h7-8,13H,5-6,9-12,14H2,1-4H3,(H2,19,20,21). The van der Waals surface area contributed by atoms with Crippen molar-refractivity contribution in [2.45, 2.75) is 26.3 Å². The van der Waals surface area contributed by atoms with Gasteiger partial charge in [0.15, 0.2) is 5.96 Å². The first-order valence-electron chi connectivity index (χ1n) is 8.69. The third-order valence-corrected chi connectivity index (χ3v) is 4.66. The van der Waals surface area contributed by atoms with Crippen LogP contribution in [-0.2, 0) is 21.1 Å². The molecule has 0 aromatic heterocycles. The number of nitrogens with zero attached hydrogens (tertiary/aromatic N) is 1. The van der Waals surface area contributed by atoms with Gasteiger partial charge < -0.3 is 20.1 Å². The van der Waals surface area contributed by atoms with E-state index in [1.165, 1.54) is 6.26 Å². The maximum absolute atomic E-state index is 11.2. The molecule has 7 nitrogen and oxygen atoms in total. The molecule has 0 amide bonds. The summed E-state index contributed by atoms with van der Waals surface area (Å²) in [7, 11) is 0.428. The number of nitrogens with one attached hydrogen (secondary N) is 2. The molecule has 0 saturated heterocycles. The first-order valence-corrected chi connectivity index (χ1v) is 10.8. The minimum Gasteiger partial charge on any atom is -0.493 e. The van der Waals surface area contributed by atoms with E-state index in [2.05, 4.69) is 15.6 Å². The van der Waals surface area contributed by atoms with Crippen LogP contribution in [0.3, 0.4) is 0 Å². The summed E-state index contributed by atoms with van der Waals surface area (Å²) in [4.78, 5) is 4.16. The Morgan fingerprint density at radius 2 is 1.96 bits per heavy atom. The molecule has 0 aliphatic rings. The van der Waals surface area contributed by atoms with Gasteiger partial charge in [-0.05, 0) is 25.0 Å². The first-order chi connectivity index (χ1) is 12.4. The summed E-state index contributed by atoms with van der Waals surface area (Å²) in [5.41, 5.74) is 2.17. The molecule has 2 N–H and O–H groups in total. The van der Waals surface area contributed by atoms with Gasteiger partial charge in [0.25, 0.3) is 0 Å². The molecule has 1 aromatic carbocycles. The average Bonchev–Trinajstić information content (AvgIpc) is 2.58. The highest BCUT2D eigenvalue weighted by atomic mass is 32.2. The van der Waals surface area contributed by atoms with Crippen LogP contribution in [0.4, 0.5) is 0 Å². The fourth-order valence-corrected chi connectivity index (χ4v) is 2.94. The lowest BCUT2D eigenvalue weighted by Gasteiger charge is -2.15. The number of aliphatic imine (C=N–C) groups is 1. The molecule has 0 unspecified atom stereocenters. The zero-order chi connectivity index (χ0) is 19.4. The second-order valence-corrected chi connectivity index (χ2v) is 8.40. The number of hydrogen-bond acceptors (Lipinski definition) is 5. The Balaban J connectivity index is 2.53. The van der Waals surface area contributed by atoms with Crippen molar-refractivity contribution in [3.8, 4) is 5.75 Å². The molecule has 0 aliphatic carbocycles. The van der Waals surface area contributed by atoms with Crippen LogP contribution in [0.1, 0.15) is 24.0 Å². The van der Waals surface area contributed by atoms with E-state index in [1.807, 2.05) is 25.1 Å². The molecule has 0 fully saturated rings. The van der Waals surface area contributed by atoms with Gasteiger partial charge in [-0.3, -0.25) is 4.99 Å². The second kappa shape index (κ2) is 11.7. The number of guanidine groups is 1. The monoisotopic (exact) mass is 385 g/mol. The molecule has 0 spiro atoms. The number of hydrogen-bond donors (Lipinski definition) is 2. The zero-order valence-electron chi connectivity index (χ0n) is 16.2. The Morgan fingerprint density at radius 1 is 1.19 bits per heavy atom. The molecule has 0 bridgehead atoms. The van der Waals surface area contributed by atoms with E-state index in [0.29, 0.717) is 38.7 Å². The van der Waals surface area contributed by atoms with Crippen LogP contribution in [0, 0.1) is 6.92 Å². The van der Waals surface area contributed by atoms with Crippen molar-refractivity contribution in [2.24, 2.45) is 4.99 Å². The smallest absolute Gasteiger partial charge is 0.191 e. The lowest BCUT2D eigenvalue weighted by molar-refractivity contribution is 0.171. The molecule has 0 heterocycles. The van der Waals surface area contributed by atoms with Crippen molar-refractivity contribution in [1.82, 2.24) is 10.6 Å². The van der Waals surface area contributed by atoms with E-state index >= 15 is 0 Å². The Hall–Kier alpha value is -1.80. The molecule has 26 heavy (non-hydrogen) atoms. The number of benzene rings is 1. The van der Waals surface area contributed by atoms with Gasteiger partial charge in [0, 0.05) is 52.1 Å². The van der Waals surface area contributed by atoms with E-state index < -0.39 is 9.84 Å². The summed E-state index contributed by atoms with van der Waals surface area (Å²) >= 11 is 0. The Bertz CT molecular complexity index is 675. The predicted molar refractivity (Wildman–Crippen MR) is 106 cm³/mol. The van der Waals surface area contributed by atoms with Crippen molar-refractivity contribution in [1.29, 1.82) is 0 Å². The van der Waals surface area contributed by atoms with E-state index in [0.717, 1.165) is 23.3 Å². The van der Waals surface area contributed by atoms with Gasteiger partial charge in [-0.15, -0.1) is 0 Å². The van der Waals surface area contributed by atoms with Crippen LogP contribution in [-0.4, -0.2) is 60.3 Å². The number of aryl methyl sites for hydroxylation is 1. The summed E-state index contributed by atoms with van der Waals surface area (Å²) in [5.74, 6) is 1.64. The minimum absolute atomic E-state index is 0.161. The van der Waals surface area contributed by atoms with Crippen LogP contribution in [0.15, 0.2) is 23.2 Å². The number of methoxy groups -OCH3 is 1. The molecule has 1 aromatic rings. The number of rotatable bonds is 11. The molecule has 8 heteroatoms. The van der Waals surface area contributed by atoms with Crippen LogP contribution in [0.2, 0.25) is 0 Å².